The molecule has 0 aromatic heterocycles. The van der Waals surface area contributed by atoms with Crippen molar-refractivity contribution >= 4 is 44.9 Å². The predicted molar refractivity (Wildman–Crippen MR) is 88.8 cm³/mol. The molecule has 0 saturated heterocycles. The van der Waals surface area contributed by atoms with E-state index in [4.69, 9.17) is 0 Å². The summed E-state index contributed by atoms with van der Waals surface area (Å²) in [6, 6.07) is 22.4. The van der Waals surface area contributed by atoms with Gasteiger partial charge in [-0.05, 0) is 49.9 Å². The van der Waals surface area contributed by atoms with E-state index < -0.39 is 7.12 Å². The second-order valence-electron chi connectivity index (χ2n) is 5.34. The fourth-order valence-corrected chi connectivity index (χ4v) is 2.93. The van der Waals surface area contributed by atoms with Crippen molar-refractivity contribution in [2.24, 2.45) is 0 Å². The Balaban J connectivity index is 2.10. The lowest BCUT2D eigenvalue weighted by molar-refractivity contribution is 0.426. The molecule has 0 aliphatic carbocycles. The van der Waals surface area contributed by atoms with Crippen LogP contribution >= 0.6 is 0 Å². The number of fused-ring (bicyclic) bond motifs is 4. The topological polar surface area (TPSA) is 40.5 Å². The van der Waals surface area contributed by atoms with Crippen LogP contribution in [0, 0.1) is 0 Å². The second kappa shape index (κ2) is 4.59. The van der Waals surface area contributed by atoms with Crippen molar-refractivity contribution < 1.29 is 10.0 Å². The molecule has 3 heteroatoms. The van der Waals surface area contributed by atoms with E-state index >= 15 is 0 Å². The van der Waals surface area contributed by atoms with Crippen LogP contribution in [0.2, 0.25) is 0 Å². The van der Waals surface area contributed by atoms with E-state index in [-0.39, 0.29) is 0 Å². The summed E-state index contributed by atoms with van der Waals surface area (Å²) in [6.45, 7) is 0. The zero-order chi connectivity index (χ0) is 14.4. The van der Waals surface area contributed by atoms with Crippen LogP contribution in [0.25, 0.3) is 32.3 Å². The van der Waals surface area contributed by atoms with Gasteiger partial charge in [-0.15, -0.1) is 0 Å². The summed E-state index contributed by atoms with van der Waals surface area (Å²) in [6.07, 6.45) is 0. The minimum Gasteiger partial charge on any atom is -0.423 e. The molecule has 0 radical (unpaired) electrons. The first-order chi connectivity index (χ1) is 10.2. The molecule has 0 amide bonds. The first-order valence-corrected chi connectivity index (χ1v) is 6.94. The Labute approximate surface area is 122 Å². The molecule has 0 bridgehead atoms. The highest BCUT2D eigenvalue weighted by Gasteiger charge is 2.11. The zero-order valence-corrected chi connectivity index (χ0v) is 11.3. The van der Waals surface area contributed by atoms with Crippen LogP contribution in [0.5, 0.6) is 0 Å². The maximum atomic E-state index is 9.29. The van der Waals surface area contributed by atoms with Crippen LogP contribution in [0.3, 0.4) is 0 Å². The summed E-state index contributed by atoms with van der Waals surface area (Å²) < 4.78 is 0. The number of hydrogen-bond acceptors (Lipinski definition) is 2. The van der Waals surface area contributed by atoms with Crippen molar-refractivity contribution in [3.05, 3.63) is 66.7 Å². The molecule has 100 valence electrons. The van der Waals surface area contributed by atoms with Crippen molar-refractivity contribution in [2.45, 2.75) is 0 Å². The zero-order valence-electron chi connectivity index (χ0n) is 11.3. The summed E-state index contributed by atoms with van der Waals surface area (Å²) in [5.74, 6) is 0. The molecule has 0 atom stereocenters. The molecule has 4 aromatic rings. The van der Waals surface area contributed by atoms with Crippen molar-refractivity contribution in [3.63, 3.8) is 0 Å². The molecule has 4 rings (SSSR count). The van der Waals surface area contributed by atoms with E-state index in [0.717, 1.165) is 10.8 Å². The van der Waals surface area contributed by atoms with Gasteiger partial charge < -0.3 is 10.0 Å². The third kappa shape index (κ3) is 1.98. The SMILES string of the molecule is OB(O)c1ccc2c(ccc3cc4ccccc4cc32)c1. The van der Waals surface area contributed by atoms with Crippen molar-refractivity contribution in [1.29, 1.82) is 0 Å². The van der Waals surface area contributed by atoms with E-state index in [1.165, 1.54) is 21.5 Å². The lowest BCUT2D eigenvalue weighted by atomic mass is 9.79. The molecule has 4 aromatic carbocycles. The Morgan fingerprint density at radius 2 is 1.24 bits per heavy atom. The standard InChI is InChI=1S/C18H13BO2/c20-19(21)16-7-8-17-15(10-16)6-5-14-9-12-3-1-2-4-13(12)11-18(14)17/h1-11,20-21H. The number of hydrogen-bond donors (Lipinski definition) is 2. The van der Waals surface area contributed by atoms with E-state index in [1.807, 2.05) is 30.3 Å². The molecule has 2 nitrogen and oxygen atoms in total. The first kappa shape index (κ1) is 12.4. The number of rotatable bonds is 1. The van der Waals surface area contributed by atoms with Gasteiger partial charge in [0.15, 0.2) is 0 Å². The Hall–Kier alpha value is -2.36. The van der Waals surface area contributed by atoms with Crippen molar-refractivity contribution in [2.75, 3.05) is 0 Å². The molecular formula is C18H13BO2. The molecule has 2 N–H and O–H groups in total. The van der Waals surface area contributed by atoms with Crippen LogP contribution in [-0.4, -0.2) is 17.2 Å². The van der Waals surface area contributed by atoms with Crippen LogP contribution < -0.4 is 5.46 Å². The van der Waals surface area contributed by atoms with Crippen LogP contribution in [-0.2, 0) is 0 Å². The van der Waals surface area contributed by atoms with Gasteiger partial charge in [-0.2, -0.15) is 0 Å². The van der Waals surface area contributed by atoms with Gasteiger partial charge in [-0.3, -0.25) is 0 Å². The van der Waals surface area contributed by atoms with Gasteiger partial charge in [-0.1, -0.05) is 54.6 Å². The summed E-state index contributed by atoms with van der Waals surface area (Å²) >= 11 is 0. The molecule has 0 fully saturated rings. The second-order valence-corrected chi connectivity index (χ2v) is 5.34. The lowest BCUT2D eigenvalue weighted by Crippen LogP contribution is -2.29. The maximum absolute atomic E-state index is 9.29. The highest BCUT2D eigenvalue weighted by atomic mass is 16.4. The summed E-state index contributed by atoms with van der Waals surface area (Å²) in [7, 11) is -1.43. The minimum atomic E-state index is -1.43. The normalized spacial score (nSPS) is 11.3. The molecule has 0 aliphatic heterocycles. The predicted octanol–water partition coefficient (Wildman–Crippen LogP) is 2.83. The van der Waals surface area contributed by atoms with Crippen LogP contribution in [0.1, 0.15) is 0 Å². The lowest BCUT2D eigenvalue weighted by Gasteiger charge is -2.08. The molecule has 0 spiro atoms. The summed E-state index contributed by atoms with van der Waals surface area (Å²) in [4.78, 5) is 0. The summed E-state index contributed by atoms with van der Waals surface area (Å²) in [5, 5.41) is 25.5. The third-order valence-electron chi connectivity index (χ3n) is 4.02. The van der Waals surface area contributed by atoms with Gasteiger partial charge in [0.2, 0.25) is 0 Å². The minimum absolute atomic E-state index is 0.516. The molecule has 0 heterocycles. The Morgan fingerprint density at radius 1 is 0.571 bits per heavy atom. The first-order valence-electron chi connectivity index (χ1n) is 6.94. The monoisotopic (exact) mass is 272 g/mol. The average molecular weight is 272 g/mol. The highest BCUT2D eigenvalue weighted by Crippen LogP contribution is 2.29. The van der Waals surface area contributed by atoms with Gasteiger partial charge >= 0.3 is 7.12 Å². The molecule has 21 heavy (non-hydrogen) atoms. The maximum Gasteiger partial charge on any atom is 0.488 e. The fourth-order valence-electron chi connectivity index (χ4n) is 2.93. The Bertz CT molecular complexity index is 976. The summed E-state index contributed by atoms with van der Waals surface area (Å²) in [5.41, 5.74) is 0.516. The van der Waals surface area contributed by atoms with E-state index in [0.29, 0.717) is 5.46 Å². The Morgan fingerprint density at radius 3 is 1.95 bits per heavy atom. The quantitative estimate of drug-likeness (QED) is 0.318. The highest BCUT2D eigenvalue weighted by molar-refractivity contribution is 6.59. The van der Waals surface area contributed by atoms with Gasteiger partial charge in [0.1, 0.15) is 0 Å². The molecule has 0 unspecified atom stereocenters. The fraction of sp³-hybridized carbons (Fsp3) is 0. The van der Waals surface area contributed by atoms with Crippen LogP contribution in [0.4, 0.5) is 0 Å². The van der Waals surface area contributed by atoms with Crippen molar-refractivity contribution in [1.82, 2.24) is 0 Å². The van der Waals surface area contributed by atoms with Gasteiger partial charge in [-0.25, -0.2) is 0 Å². The van der Waals surface area contributed by atoms with Gasteiger partial charge in [0.05, 0.1) is 0 Å². The van der Waals surface area contributed by atoms with Crippen LogP contribution in [0.15, 0.2) is 66.7 Å². The third-order valence-corrected chi connectivity index (χ3v) is 4.02. The molecule has 0 aliphatic rings. The largest absolute Gasteiger partial charge is 0.488 e. The van der Waals surface area contributed by atoms with E-state index in [9.17, 15) is 10.0 Å². The van der Waals surface area contributed by atoms with E-state index in [2.05, 4.69) is 30.3 Å². The molecular weight excluding hydrogens is 259 g/mol. The Kier molecular flexibility index (Phi) is 2.71. The van der Waals surface area contributed by atoms with Gasteiger partial charge in [0, 0.05) is 0 Å². The smallest absolute Gasteiger partial charge is 0.423 e. The average Bonchev–Trinajstić information content (AvgIpc) is 2.52. The van der Waals surface area contributed by atoms with E-state index in [1.54, 1.807) is 6.07 Å². The number of benzene rings is 4. The van der Waals surface area contributed by atoms with Gasteiger partial charge in [0.25, 0.3) is 0 Å². The molecule has 0 saturated carbocycles. The van der Waals surface area contributed by atoms with Crippen molar-refractivity contribution in [3.8, 4) is 0 Å².